The summed E-state index contributed by atoms with van der Waals surface area (Å²) in [5.74, 6) is 2.72. The van der Waals surface area contributed by atoms with Gasteiger partial charge in [0.2, 0.25) is 5.91 Å². The molecule has 6 heteroatoms. The van der Waals surface area contributed by atoms with E-state index in [1.165, 1.54) is 69.3 Å². The van der Waals surface area contributed by atoms with Gasteiger partial charge in [0.1, 0.15) is 12.9 Å². The molecule has 0 aliphatic rings. The molecule has 0 saturated carbocycles. The van der Waals surface area contributed by atoms with Crippen molar-refractivity contribution in [3.05, 3.63) is 0 Å². The number of hydrogen-bond donors (Lipinski definition) is 1. The molecule has 1 amide bonds. The molecule has 0 heterocycles. The molecule has 0 aromatic heterocycles. The van der Waals surface area contributed by atoms with Gasteiger partial charge >= 0.3 is 0 Å². The predicted molar refractivity (Wildman–Crippen MR) is 119 cm³/mol. The molecule has 0 atom stereocenters. The van der Waals surface area contributed by atoms with Crippen LogP contribution in [-0.4, -0.2) is 56.7 Å². The normalized spacial score (nSPS) is 10.9. The van der Waals surface area contributed by atoms with E-state index in [1.807, 2.05) is 0 Å². The van der Waals surface area contributed by atoms with Crippen molar-refractivity contribution >= 4 is 24.0 Å². The molecule has 28 heavy (non-hydrogen) atoms. The van der Waals surface area contributed by atoms with Crippen molar-refractivity contribution in [2.75, 3.05) is 44.5 Å². The van der Waals surface area contributed by atoms with Crippen LogP contribution in [0.25, 0.3) is 0 Å². The SMILES string of the molecule is CCCCCCCCSCCCCCCCC(=O)NCCOCCOCC=O. The van der Waals surface area contributed by atoms with E-state index < -0.39 is 0 Å². The van der Waals surface area contributed by atoms with Crippen molar-refractivity contribution in [3.8, 4) is 0 Å². The number of unbranched alkanes of at least 4 members (excludes halogenated alkanes) is 9. The molecule has 0 bridgehead atoms. The molecule has 0 rings (SSSR count). The van der Waals surface area contributed by atoms with Crippen molar-refractivity contribution in [1.82, 2.24) is 5.32 Å². The van der Waals surface area contributed by atoms with Gasteiger partial charge in [0.25, 0.3) is 0 Å². The van der Waals surface area contributed by atoms with Gasteiger partial charge in [-0.2, -0.15) is 11.8 Å². The van der Waals surface area contributed by atoms with E-state index in [0.29, 0.717) is 32.8 Å². The number of ether oxygens (including phenoxy) is 2. The van der Waals surface area contributed by atoms with Crippen LogP contribution in [0.3, 0.4) is 0 Å². The largest absolute Gasteiger partial charge is 0.377 e. The lowest BCUT2D eigenvalue weighted by atomic mass is 10.1. The Balaban J connectivity index is 3.13. The molecule has 0 aromatic carbocycles. The molecule has 1 N–H and O–H groups in total. The van der Waals surface area contributed by atoms with Gasteiger partial charge < -0.3 is 19.6 Å². The molecule has 0 aliphatic carbocycles. The molecule has 0 radical (unpaired) electrons. The van der Waals surface area contributed by atoms with E-state index in [4.69, 9.17) is 9.47 Å². The zero-order chi connectivity index (χ0) is 20.5. The van der Waals surface area contributed by atoms with Crippen LogP contribution in [0.2, 0.25) is 0 Å². The first kappa shape index (κ1) is 27.4. The first-order valence-electron chi connectivity index (χ1n) is 11.2. The van der Waals surface area contributed by atoms with Crippen LogP contribution in [0.4, 0.5) is 0 Å². The summed E-state index contributed by atoms with van der Waals surface area (Å²) in [7, 11) is 0. The number of amides is 1. The van der Waals surface area contributed by atoms with E-state index in [0.717, 1.165) is 19.1 Å². The first-order chi connectivity index (χ1) is 13.8. The molecule has 0 aromatic rings. The van der Waals surface area contributed by atoms with Gasteiger partial charge in [0.15, 0.2) is 0 Å². The number of aldehydes is 1. The molecule has 0 fully saturated rings. The second-order valence-corrected chi connectivity index (χ2v) is 8.33. The molecule has 5 nitrogen and oxygen atoms in total. The van der Waals surface area contributed by atoms with E-state index in [2.05, 4.69) is 24.0 Å². The summed E-state index contributed by atoms with van der Waals surface area (Å²) in [5.41, 5.74) is 0. The minimum Gasteiger partial charge on any atom is -0.377 e. The van der Waals surface area contributed by atoms with Crippen LogP contribution in [-0.2, 0) is 19.1 Å². The molecule has 0 aliphatic heterocycles. The van der Waals surface area contributed by atoms with E-state index in [9.17, 15) is 9.59 Å². The summed E-state index contributed by atoms with van der Waals surface area (Å²) in [6.07, 6.45) is 15.6. The lowest BCUT2D eigenvalue weighted by Crippen LogP contribution is -2.27. The second kappa shape index (κ2) is 24.4. The maximum atomic E-state index is 11.7. The number of hydrogen-bond acceptors (Lipinski definition) is 5. The van der Waals surface area contributed by atoms with Crippen LogP contribution >= 0.6 is 11.8 Å². The van der Waals surface area contributed by atoms with E-state index in [-0.39, 0.29) is 12.5 Å². The van der Waals surface area contributed by atoms with Crippen molar-refractivity contribution in [2.45, 2.75) is 84.0 Å². The van der Waals surface area contributed by atoms with Crippen molar-refractivity contribution in [2.24, 2.45) is 0 Å². The Morgan fingerprint density at radius 2 is 1.43 bits per heavy atom. The summed E-state index contributed by atoms with van der Waals surface area (Å²) in [6, 6.07) is 0. The number of thioether (sulfide) groups is 1. The lowest BCUT2D eigenvalue weighted by molar-refractivity contribution is -0.121. The third kappa shape index (κ3) is 23.4. The second-order valence-electron chi connectivity index (χ2n) is 7.10. The van der Waals surface area contributed by atoms with Crippen LogP contribution in [0.1, 0.15) is 84.0 Å². The van der Waals surface area contributed by atoms with Gasteiger partial charge in [-0.3, -0.25) is 4.79 Å². The van der Waals surface area contributed by atoms with Gasteiger partial charge in [-0.25, -0.2) is 0 Å². The van der Waals surface area contributed by atoms with Gasteiger partial charge in [0.05, 0.1) is 19.8 Å². The van der Waals surface area contributed by atoms with Gasteiger partial charge in [0, 0.05) is 13.0 Å². The minimum absolute atomic E-state index is 0.107. The Morgan fingerprint density at radius 3 is 2.11 bits per heavy atom. The predicted octanol–water partition coefficient (Wildman–Crippen LogP) is 4.77. The highest BCUT2D eigenvalue weighted by molar-refractivity contribution is 7.99. The third-order valence-electron chi connectivity index (χ3n) is 4.46. The fourth-order valence-corrected chi connectivity index (χ4v) is 3.83. The minimum atomic E-state index is 0.107. The molecular weight excluding hydrogens is 374 g/mol. The highest BCUT2D eigenvalue weighted by Crippen LogP contribution is 2.13. The maximum absolute atomic E-state index is 11.7. The summed E-state index contributed by atoms with van der Waals surface area (Å²) in [6.45, 7) is 4.24. The maximum Gasteiger partial charge on any atom is 0.220 e. The monoisotopic (exact) mass is 417 g/mol. The van der Waals surface area contributed by atoms with Gasteiger partial charge in [-0.05, 0) is 30.8 Å². The zero-order valence-electron chi connectivity index (χ0n) is 18.1. The summed E-state index contributed by atoms with van der Waals surface area (Å²) in [5, 5.41) is 2.87. The Hall–Kier alpha value is -0.590. The van der Waals surface area contributed by atoms with Gasteiger partial charge in [-0.1, -0.05) is 58.3 Å². The van der Waals surface area contributed by atoms with Crippen molar-refractivity contribution < 1.29 is 19.1 Å². The quantitative estimate of drug-likeness (QED) is 0.192. The Bertz CT molecular complexity index is 342. The standard InChI is InChI=1S/C22H43NO4S/c1-2-3-4-5-8-11-20-28-21-12-9-6-7-10-13-22(25)23-14-16-26-18-19-27-17-15-24/h15H,2-14,16-21H2,1H3,(H,23,25). The fraction of sp³-hybridized carbons (Fsp3) is 0.909. The van der Waals surface area contributed by atoms with Gasteiger partial charge in [-0.15, -0.1) is 0 Å². The van der Waals surface area contributed by atoms with Crippen molar-refractivity contribution in [1.29, 1.82) is 0 Å². The summed E-state index contributed by atoms with van der Waals surface area (Å²) >= 11 is 2.10. The summed E-state index contributed by atoms with van der Waals surface area (Å²) in [4.78, 5) is 21.7. The van der Waals surface area contributed by atoms with E-state index in [1.54, 1.807) is 0 Å². The zero-order valence-corrected chi connectivity index (χ0v) is 18.9. The lowest BCUT2D eigenvalue weighted by Gasteiger charge is -2.06. The molecule has 0 saturated heterocycles. The smallest absolute Gasteiger partial charge is 0.220 e. The number of rotatable bonds is 23. The average Bonchev–Trinajstić information content (AvgIpc) is 2.70. The molecule has 0 spiro atoms. The fourth-order valence-electron chi connectivity index (χ4n) is 2.81. The highest BCUT2D eigenvalue weighted by Gasteiger charge is 2.00. The number of carbonyl (C=O) groups is 2. The molecule has 166 valence electrons. The Labute approximate surface area is 177 Å². The van der Waals surface area contributed by atoms with Crippen LogP contribution in [0.15, 0.2) is 0 Å². The van der Waals surface area contributed by atoms with Crippen LogP contribution in [0.5, 0.6) is 0 Å². The van der Waals surface area contributed by atoms with Crippen LogP contribution < -0.4 is 5.32 Å². The Kier molecular flexibility index (Phi) is 23.9. The summed E-state index contributed by atoms with van der Waals surface area (Å²) < 4.78 is 10.3. The topological polar surface area (TPSA) is 64.6 Å². The highest BCUT2D eigenvalue weighted by atomic mass is 32.2. The number of nitrogens with one attached hydrogen (secondary N) is 1. The first-order valence-corrected chi connectivity index (χ1v) is 12.4. The Morgan fingerprint density at radius 1 is 0.821 bits per heavy atom. The average molecular weight is 418 g/mol. The van der Waals surface area contributed by atoms with Crippen molar-refractivity contribution in [3.63, 3.8) is 0 Å². The third-order valence-corrected chi connectivity index (χ3v) is 5.62. The number of carbonyl (C=O) groups excluding carboxylic acids is 2. The molecule has 0 unspecified atom stereocenters. The van der Waals surface area contributed by atoms with E-state index >= 15 is 0 Å². The van der Waals surface area contributed by atoms with Crippen LogP contribution in [0, 0.1) is 0 Å². The molecular formula is C22H43NO4S.